The van der Waals surface area contributed by atoms with Gasteiger partial charge in [0.25, 0.3) is 11.1 Å². The Hall–Kier alpha value is -3.88. The van der Waals surface area contributed by atoms with Gasteiger partial charge in [-0.1, -0.05) is 52.3 Å². The van der Waals surface area contributed by atoms with Crippen LogP contribution in [0.15, 0.2) is 94.3 Å². The maximum atomic E-state index is 13.2. The van der Waals surface area contributed by atoms with Crippen molar-refractivity contribution in [3.05, 3.63) is 111 Å². The van der Waals surface area contributed by atoms with Gasteiger partial charge in [0.1, 0.15) is 11.5 Å². The summed E-state index contributed by atoms with van der Waals surface area (Å²) in [6.07, 6.45) is 1.58. The average molecular weight is 574 g/mol. The van der Waals surface area contributed by atoms with E-state index in [9.17, 15) is 14.4 Å². The normalized spacial score (nSPS) is 14.4. The number of fused-ring (bicyclic) bond motifs is 1. The standard InChI is InChI=1S/C29H20BrNO5S/c1-35-24-11-8-20(9-12-24)28(33)36-25-13-10-23(30)15-22(25)16-26-27(32)31(29(34)37-26)17-18-6-7-19-4-2-3-5-21(19)14-18/h2-16H,17H2,1H3/b26-16-. The van der Waals surface area contributed by atoms with Gasteiger partial charge in [-0.2, -0.15) is 0 Å². The summed E-state index contributed by atoms with van der Waals surface area (Å²) in [6, 6.07) is 25.5. The predicted molar refractivity (Wildman–Crippen MR) is 148 cm³/mol. The van der Waals surface area contributed by atoms with Crippen LogP contribution in [0.25, 0.3) is 16.8 Å². The SMILES string of the molecule is COc1ccc(C(=O)Oc2ccc(Br)cc2/C=C2\SC(=O)N(Cc3ccc4ccccc4c3)C2=O)cc1. The number of imide groups is 1. The number of thioether (sulfide) groups is 1. The molecule has 1 aliphatic heterocycles. The number of methoxy groups -OCH3 is 1. The van der Waals surface area contributed by atoms with E-state index in [1.165, 1.54) is 4.90 Å². The second-order valence-corrected chi connectivity index (χ2v) is 10.2. The number of benzene rings is 4. The molecular weight excluding hydrogens is 554 g/mol. The van der Waals surface area contributed by atoms with E-state index in [1.54, 1.807) is 55.7 Å². The predicted octanol–water partition coefficient (Wildman–Crippen LogP) is 7.07. The zero-order valence-corrected chi connectivity index (χ0v) is 22.0. The zero-order valence-electron chi connectivity index (χ0n) is 19.6. The molecular formula is C29H20BrNO5S. The second kappa shape index (κ2) is 10.6. The van der Waals surface area contributed by atoms with Crippen LogP contribution in [0.4, 0.5) is 4.79 Å². The van der Waals surface area contributed by atoms with Crippen LogP contribution in [-0.2, 0) is 11.3 Å². The molecule has 4 aromatic carbocycles. The van der Waals surface area contributed by atoms with Gasteiger partial charge in [-0.15, -0.1) is 0 Å². The quantitative estimate of drug-likeness (QED) is 0.139. The molecule has 0 atom stereocenters. The van der Waals surface area contributed by atoms with E-state index in [1.807, 2.05) is 42.5 Å². The van der Waals surface area contributed by atoms with E-state index in [2.05, 4.69) is 15.9 Å². The van der Waals surface area contributed by atoms with Crippen LogP contribution in [0.5, 0.6) is 11.5 Å². The summed E-state index contributed by atoms with van der Waals surface area (Å²) < 4.78 is 11.5. The van der Waals surface area contributed by atoms with Crippen LogP contribution in [0.1, 0.15) is 21.5 Å². The molecule has 4 aromatic rings. The van der Waals surface area contributed by atoms with Crippen molar-refractivity contribution in [3.63, 3.8) is 0 Å². The summed E-state index contributed by atoms with van der Waals surface area (Å²) in [7, 11) is 1.55. The van der Waals surface area contributed by atoms with E-state index < -0.39 is 11.9 Å². The molecule has 8 heteroatoms. The zero-order chi connectivity index (χ0) is 25.9. The van der Waals surface area contributed by atoms with E-state index >= 15 is 0 Å². The van der Waals surface area contributed by atoms with Gasteiger partial charge in [-0.25, -0.2) is 4.79 Å². The van der Waals surface area contributed by atoms with Crippen molar-refractivity contribution in [2.75, 3.05) is 7.11 Å². The summed E-state index contributed by atoms with van der Waals surface area (Å²) in [5, 5.41) is 1.78. The first kappa shape index (κ1) is 24.8. The third-order valence-corrected chi connectivity index (χ3v) is 7.22. The molecule has 0 aromatic heterocycles. The molecule has 0 N–H and O–H groups in total. The van der Waals surface area contributed by atoms with Crippen molar-refractivity contribution in [1.29, 1.82) is 0 Å². The first-order chi connectivity index (χ1) is 17.9. The number of carbonyl (C=O) groups is 3. The van der Waals surface area contributed by atoms with Gasteiger partial charge in [-0.3, -0.25) is 14.5 Å². The minimum atomic E-state index is -0.552. The monoisotopic (exact) mass is 573 g/mol. The van der Waals surface area contributed by atoms with Gasteiger partial charge in [-0.05, 0) is 82.7 Å². The lowest BCUT2D eigenvalue weighted by Gasteiger charge is -2.13. The van der Waals surface area contributed by atoms with Crippen molar-refractivity contribution in [2.24, 2.45) is 0 Å². The maximum Gasteiger partial charge on any atom is 0.343 e. The number of esters is 1. The summed E-state index contributed by atoms with van der Waals surface area (Å²) in [6.45, 7) is 0.171. The van der Waals surface area contributed by atoms with Gasteiger partial charge in [0, 0.05) is 10.0 Å². The summed E-state index contributed by atoms with van der Waals surface area (Å²) in [5.41, 5.74) is 1.71. The third kappa shape index (κ3) is 5.45. The van der Waals surface area contributed by atoms with Gasteiger partial charge < -0.3 is 9.47 Å². The minimum Gasteiger partial charge on any atom is -0.497 e. The first-order valence-electron chi connectivity index (χ1n) is 11.3. The number of hydrogen-bond donors (Lipinski definition) is 0. The van der Waals surface area contributed by atoms with Gasteiger partial charge in [0.05, 0.1) is 24.1 Å². The number of hydrogen-bond acceptors (Lipinski definition) is 6. The van der Waals surface area contributed by atoms with Crippen molar-refractivity contribution < 1.29 is 23.9 Å². The lowest BCUT2D eigenvalue weighted by molar-refractivity contribution is -0.123. The number of rotatable bonds is 6. The molecule has 184 valence electrons. The highest BCUT2D eigenvalue weighted by Crippen LogP contribution is 2.36. The Bertz CT molecular complexity index is 1560. The lowest BCUT2D eigenvalue weighted by Crippen LogP contribution is -2.27. The highest BCUT2D eigenvalue weighted by atomic mass is 79.9. The van der Waals surface area contributed by atoms with Crippen molar-refractivity contribution in [3.8, 4) is 11.5 Å². The molecule has 1 fully saturated rings. The van der Waals surface area contributed by atoms with E-state index in [0.717, 1.165) is 32.6 Å². The Kier molecular flexibility index (Phi) is 7.12. The Morgan fingerprint density at radius 2 is 1.70 bits per heavy atom. The Morgan fingerprint density at radius 3 is 2.46 bits per heavy atom. The average Bonchev–Trinajstić information content (AvgIpc) is 3.17. The van der Waals surface area contributed by atoms with E-state index in [4.69, 9.17) is 9.47 Å². The van der Waals surface area contributed by atoms with E-state index in [-0.39, 0.29) is 22.4 Å². The summed E-state index contributed by atoms with van der Waals surface area (Å²) >= 11 is 4.29. The van der Waals surface area contributed by atoms with Gasteiger partial charge in [0.15, 0.2) is 0 Å². The van der Waals surface area contributed by atoms with Crippen LogP contribution in [0.3, 0.4) is 0 Å². The minimum absolute atomic E-state index is 0.171. The van der Waals surface area contributed by atoms with E-state index in [0.29, 0.717) is 16.9 Å². The fourth-order valence-electron chi connectivity index (χ4n) is 3.91. The Morgan fingerprint density at radius 1 is 0.946 bits per heavy atom. The highest BCUT2D eigenvalue weighted by Gasteiger charge is 2.35. The van der Waals surface area contributed by atoms with Crippen LogP contribution in [0.2, 0.25) is 0 Å². The van der Waals surface area contributed by atoms with Crippen LogP contribution >= 0.6 is 27.7 Å². The smallest absolute Gasteiger partial charge is 0.343 e. The van der Waals surface area contributed by atoms with Crippen molar-refractivity contribution in [2.45, 2.75) is 6.54 Å². The second-order valence-electron chi connectivity index (χ2n) is 8.25. The molecule has 0 saturated carbocycles. The molecule has 0 spiro atoms. The molecule has 0 bridgehead atoms. The van der Waals surface area contributed by atoms with Crippen LogP contribution < -0.4 is 9.47 Å². The molecule has 5 rings (SSSR count). The van der Waals surface area contributed by atoms with Crippen molar-refractivity contribution >= 4 is 61.7 Å². The number of amides is 2. The molecule has 1 heterocycles. The third-order valence-electron chi connectivity index (χ3n) is 5.81. The van der Waals surface area contributed by atoms with Crippen molar-refractivity contribution in [1.82, 2.24) is 4.90 Å². The summed E-state index contributed by atoms with van der Waals surface area (Å²) in [4.78, 5) is 40.1. The number of nitrogens with zero attached hydrogens (tertiary/aromatic N) is 1. The fourth-order valence-corrected chi connectivity index (χ4v) is 5.12. The molecule has 0 radical (unpaired) electrons. The molecule has 37 heavy (non-hydrogen) atoms. The number of carbonyl (C=O) groups excluding carboxylic acids is 3. The lowest BCUT2D eigenvalue weighted by atomic mass is 10.1. The molecule has 1 saturated heterocycles. The first-order valence-corrected chi connectivity index (χ1v) is 12.9. The molecule has 2 amide bonds. The number of ether oxygens (including phenoxy) is 2. The van der Waals surface area contributed by atoms with Gasteiger partial charge >= 0.3 is 5.97 Å². The van der Waals surface area contributed by atoms with Gasteiger partial charge in [0.2, 0.25) is 0 Å². The topological polar surface area (TPSA) is 72.9 Å². The molecule has 1 aliphatic rings. The molecule has 0 unspecified atom stereocenters. The largest absolute Gasteiger partial charge is 0.497 e. The fraction of sp³-hybridized carbons (Fsp3) is 0.0690. The molecule has 6 nitrogen and oxygen atoms in total. The Balaban J connectivity index is 1.38. The molecule has 0 aliphatic carbocycles. The maximum absolute atomic E-state index is 13.2. The van der Waals surface area contributed by atoms with Crippen LogP contribution in [-0.4, -0.2) is 29.1 Å². The highest BCUT2D eigenvalue weighted by molar-refractivity contribution is 9.10. The Labute approximate surface area is 226 Å². The summed E-state index contributed by atoms with van der Waals surface area (Å²) in [5.74, 6) is -0.0507. The number of halogens is 1. The van der Waals surface area contributed by atoms with Crippen LogP contribution in [0, 0.1) is 0 Å².